The number of hydrogen-bond acceptors (Lipinski definition) is 7. The molecule has 1 aliphatic heterocycles. The Bertz CT molecular complexity index is 859. The van der Waals surface area contributed by atoms with Crippen molar-refractivity contribution in [2.45, 2.75) is 19.4 Å². The molecule has 0 amide bonds. The maximum Gasteiger partial charge on any atom is 0.249 e. The van der Waals surface area contributed by atoms with Crippen molar-refractivity contribution in [2.24, 2.45) is 0 Å². The molecule has 1 N–H and O–H groups in total. The van der Waals surface area contributed by atoms with Crippen molar-refractivity contribution in [3.63, 3.8) is 0 Å². The summed E-state index contributed by atoms with van der Waals surface area (Å²) in [5.41, 5.74) is 1.69. The highest BCUT2D eigenvalue weighted by Gasteiger charge is 2.31. The lowest BCUT2D eigenvalue weighted by Gasteiger charge is -2.24. The number of anilines is 3. The second kappa shape index (κ2) is 6.52. The Balaban J connectivity index is 1.80. The van der Waals surface area contributed by atoms with Gasteiger partial charge in [0.1, 0.15) is 0 Å². The normalized spacial score (nSPS) is 19.2. The van der Waals surface area contributed by atoms with Crippen LogP contribution in [0.5, 0.6) is 0 Å². The zero-order valence-electron chi connectivity index (χ0n) is 13.4. The number of sulfone groups is 1. The standard InChI is InChI=1S/C15H18ClN5O2S/c1-10-12(16)4-3-5-13(10)18-15-19-14(8-17-20-15)21(2)11-6-7-24(22,23)9-11/h3-5,8,11H,6-7,9H2,1-2H3,(H,18,19,20). The van der Waals surface area contributed by atoms with E-state index in [2.05, 4.69) is 20.5 Å². The van der Waals surface area contributed by atoms with Crippen molar-refractivity contribution in [3.8, 4) is 0 Å². The lowest BCUT2D eigenvalue weighted by Crippen LogP contribution is -2.33. The monoisotopic (exact) mass is 367 g/mol. The van der Waals surface area contributed by atoms with E-state index >= 15 is 0 Å². The summed E-state index contributed by atoms with van der Waals surface area (Å²) >= 11 is 6.11. The SMILES string of the molecule is Cc1c(Cl)cccc1Nc1nncc(N(C)C2CCS(=O)(=O)C2)n1. The predicted molar refractivity (Wildman–Crippen MR) is 94.8 cm³/mol. The van der Waals surface area contributed by atoms with E-state index in [0.717, 1.165) is 11.3 Å². The first-order chi connectivity index (χ1) is 11.4. The third-order valence-corrected chi connectivity index (χ3v) is 6.34. The lowest BCUT2D eigenvalue weighted by atomic mass is 10.2. The molecule has 7 nitrogen and oxygen atoms in total. The Morgan fingerprint density at radius 1 is 1.38 bits per heavy atom. The molecule has 1 aromatic carbocycles. The van der Waals surface area contributed by atoms with Gasteiger partial charge in [-0.05, 0) is 31.0 Å². The van der Waals surface area contributed by atoms with Gasteiger partial charge in [0, 0.05) is 23.8 Å². The van der Waals surface area contributed by atoms with Gasteiger partial charge in [0.25, 0.3) is 0 Å². The van der Waals surface area contributed by atoms with Crippen LogP contribution in [0.25, 0.3) is 0 Å². The van der Waals surface area contributed by atoms with Gasteiger partial charge in [-0.1, -0.05) is 17.7 Å². The summed E-state index contributed by atoms with van der Waals surface area (Å²) < 4.78 is 23.3. The van der Waals surface area contributed by atoms with Gasteiger partial charge in [0.2, 0.25) is 5.95 Å². The van der Waals surface area contributed by atoms with Crippen LogP contribution in [-0.2, 0) is 9.84 Å². The summed E-state index contributed by atoms with van der Waals surface area (Å²) in [5, 5.41) is 11.7. The summed E-state index contributed by atoms with van der Waals surface area (Å²) in [6.45, 7) is 1.90. The largest absolute Gasteiger partial charge is 0.354 e. The van der Waals surface area contributed by atoms with Gasteiger partial charge in [-0.25, -0.2) is 8.42 Å². The molecule has 1 aliphatic rings. The van der Waals surface area contributed by atoms with Crippen LogP contribution in [0, 0.1) is 6.92 Å². The minimum Gasteiger partial charge on any atom is -0.354 e. The van der Waals surface area contributed by atoms with E-state index in [9.17, 15) is 8.42 Å². The average Bonchev–Trinajstić information content (AvgIpc) is 2.91. The summed E-state index contributed by atoms with van der Waals surface area (Å²) in [6, 6.07) is 5.44. The second-order valence-electron chi connectivity index (χ2n) is 5.84. The van der Waals surface area contributed by atoms with Crippen LogP contribution in [0.2, 0.25) is 5.02 Å². The van der Waals surface area contributed by atoms with Crippen LogP contribution >= 0.6 is 11.6 Å². The first-order valence-electron chi connectivity index (χ1n) is 7.51. The highest BCUT2D eigenvalue weighted by atomic mass is 35.5. The topological polar surface area (TPSA) is 88.1 Å². The first-order valence-corrected chi connectivity index (χ1v) is 9.71. The highest BCUT2D eigenvalue weighted by Crippen LogP contribution is 2.26. The molecule has 128 valence electrons. The third kappa shape index (κ3) is 3.59. The molecule has 1 saturated heterocycles. The quantitative estimate of drug-likeness (QED) is 0.886. The van der Waals surface area contributed by atoms with Crippen molar-refractivity contribution < 1.29 is 8.42 Å². The molecule has 24 heavy (non-hydrogen) atoms. The molecule has 0 aliphatic carbocycles. The molecule has 9 heteroatoms. The Kier molecular flexibility index (Phi) is 4.60. The predicted octanol–water partition coefficient (Wildman–Crippen LogP) is 2.20. The van der Waals surface area contributed by atoms with Gasteiger partial charge in [-0.15, -0.1) is 5.10 Å². The molecule has 0 bridgehead atoms. The van der Waals surface area contributed by atoms with Gasteiger partial charge in [0.05, 0.1) is 17.7 Å². The van der Waals surface area contributed by atoms with E-state index in [-0.39, 0.29) is 17.5 Å². The number of nitrogens with zero attached hydrogens (tertiary/aromatic N) is 4. The molecule has 1 aromatic heterocycles. The maximum absolute atomic E-state index is 11.7. The van der Waals surface area contributed by atoms with Crippen molar-refractivity contribution in [1.82, 2.24) is 15.2 Å². The summed E-state index contributed by atoms with van der Waals surface area (Å²) in [6.07, 6.45) is 2.12. The van der Waals surface area contributed by atoms with E-state index in [4.69, 9.17) is 11.6 Å². The zero-order valence-corrected chi connectivity index (χ0v) is 15.0. The van der Waals surface area contributed by atoms with Gasteiger partial charge in [-0.2, -0.15) is 10.1 Å². The van der Waals surface area contributed by atoms with Crippen molar-refractivity contribution in [3.05, 3.63) is 35.0 Å². The molecule has 2 heterocycles. The number of halogens is 1. The Morgan fingerprint density at radius 2 is 2.17 bits per heavy atom. The van der Waals surface area contributed by atoms with E-state index in [0.29, 0.717) is 23.2 Å². The van der Waals surface area contributed by atoms with Gasteiger partial charge >= 0.3 is 0 Å². The molecule has 1 atom stereocenters. The van der Waals surface area contributed by atoms with E-state index in [1.165, 1.54) is 6.20 Å². The van der Waals surface area contributed by atoms with Crippen molar-refractivity contribution in [2.75, 3.05) is 28.8 Å². The first kappa shape index (κ1) is 16.9. The number of hydrogen-bond donors (Lipinski definition) is 1. The number of benzene rings is 1. The highest BCUT2D eigenvalue weighted by molar-refractivity contribution is 7.91. The molecule has 3 rings (SSSR count). The average molecular weight is 368 g/mol. The third-order valence-electron chi connectivity index (χ3n) is 4.18. The zero-order chi connectivity index (χ0) is 17.3. The fourth-order valence-corrected chi connectivity index (χ4v) is 4.60. The van der Waals surface area contributed by atoms with E-state index in [1.807, 2.05) is 37.1 Å². The van der Waals surface area contributed by atoms with Gasteiger partial charge in [-0.3, -0.25) is 0 Å². The number of aromatic nitrogens is 3. The molecular formula is C15H18ClN5O2S. The van der Waals surface area contributed by atoms with Crippen LogP contribution in [0.4, 0.5) is 17.5 Å². The molecule has 1 fully saturated rings. The minimum absolute atomic E-state index is 0.0903. The van der Waals surface area contributed by atoms with E-state index < -0.39 is 9.84 Å². The number of rotatable bonds is 4. The fraction of sp³-hybridized carbons (Fsp3) is 0.400. The van der Waals surface area contributed by atoms with Crippen molar-refractivity contribution >= 4 is 38.9 Å². The van der Waals surface area contributed by atoms with Crippen LogP contribution in [0.1, 0.15) is 12.0 Å². The molecule has 0 saturated carbocycles. The van der Waals surface area contributed by atoms with E-state index in [1.54, 1.807) is 0 Å². The summed E-state index contributed by atoms with van der Waals surface area (Å²) in [7, 11) is -1.13. The van der Waals surface area contributed by atoms with Crippen LogP contribution in [0.15, 0.2) is 24.4 Å². The summed E-state index contributed by atoms with van der Waals surface area (Å²) in [5.74, 6) is 1.27. The maximum atomic E-state index is 11.7. The van der Waals surface area contributed by atoms with Gasteiger partial charge in [0.15, 0.2) is 15.7 Å². The second-order valence-corrected chi connectivity index (χ2v) is 8.48. The van der Waals surface area contributed by atoms with Gasteiger partial charge < -0.3 is 10.2 Å². The molecule has 0 spiro atoms. The summed E-state index contributed by atoms with van der Waals surface area (Å²) in [4.78, 5) is 6.28. The smallest absolute Gasteiger partial charge is 0.249 e. The van der Waals surface area contributed by atoms with Crippen LogP contribution in [-0.4, -0.2) is 48.2 Å². The Morgan fingerprint density at radius 3 is 2.88 bits per heavy atom. The van der Waals surface area contributed by atoms with Crippen molar-refractivity contribution in [1.29, 1.82) is 0 Å². The Labute approximate surface area is 146 Å². The molecule has 0 radical (unpaired) electrons. The molecule has 1 unspecified atom stereocenters. The van der Waals surface area contributed by atoms with Crippen LogP contribution in [0.3, 0.4) is 0 Å². The molecular weight excluding hydrogens is 350 g/mol. The number of nitrogens with one attached hydrogen (secondary N) is 1. The fourth-order valence-electron chi connectivity index (χ4n) is 2.65. The molecule has 2 aromatic rings. The Hall–Kier alpha value is -1.93. The lowest BCUT2D eigenvalue weighted by molar-refractivity contribution is 0.600. The minimum atomic E-state index is -2.95. The van der Waals surface area contributed by atoms with Crippen LogP contribution < -0.4 is 10.2 Å².